The predicted octanol–water partition coefficient (Wildman–Crippen LogP) is 1.57. The molecule has 1 unspecified atom stereocenters. The van der Waals surface area contributed by atoms with Gasteiger partial charge in [0, 0.05) is 0 Å². The van der Waals surface area contributed by atoms with E-state index in [2.05, 4.69) is 0 Å². The zero-order valence-electron chi connectivity index (χ0n) is 6.07. The van der Waals surface area contributed by atoms with Crippen LogP contribution in [0.15, 0.2) is 0 Å². The van der Waals surface area contributed by atoms with Gasteiger partial charge in [-0.3, -0.25) is 13.6 Å². The van der Waals surface area contributed by atoms with Crippen molar-refractivity contribution in [1.29, 1.82) is 0 Å². The minimum Gasteiger partial charge on any atom is -0.287 e. The first kappa shape index (κ1) is 8.21. The zero-order chi connectivity index (χ0) is 7.61. The standard InChI is InChI=1S/C5H11O4P/c1-3-7-10(6)8-4-5(2)9-10/h5H,3-4H2,1-2H3/t5-,10?/m1/s1. The van der Waals surface area contributed by atoms with Crippen LogP contribution in [-0.2, 0) is 18.1 Å². The molecule has 1 rings (SSSR count). The molecule has 5 heteroatoms. The van der Waals surface area contributed by atoms with Crippen LogP contribution in [0.5, 0.6) is 0 Å². The summed E-state index contributed by atoms with van der Waals surface area (Å²) in [6.45, 7) is 4.25. The molecule has 0 amide bonds. The van der Waals surface area contributed by atoms with Crippen molar-refractivity contribution in [2.75, 3.05) is 13.2 Å². The smallest absolute Gasteiger partial charge is 0.287 e. The summed E-state index contributed by atoms with van der Waals surface area (Å²) < 4.78 is 25.6. The van der Waals surface area contributed by atoms with Crippen molar-refractivity contribution in [3.63, 3.8) is 0 Å². The third-order valence-corrected chi connectivity index (χ3v) is 2.72. The normalized spacial score (nSPS) is 40.4. The van der Waals surface area contributed by atoms with Gasteiger partial charge in [-0.25, -0.2) is 4.57 Å². The fourth-order valence-corrected chi connectivity index (χ4v) is 2.11. The van der Waals surface area contributed by atoms with Crippen molar-refractivity contribution < 1.29 is 18.1 Å². The summed E-state index contributed by atoms with van der Waals surface area (Å²) in [4.78, 5) is 0. The molecule has 0 N–H and O–H groups in total. The first-order valence-corrected chi connectivity index (χ1v) is 4.70. The first-order valence-electron chi connectivity index (χ1n) is 3.24. The van der Waals surface area contributed by atoms with E-state index in [1.807, 2.05) is 0 Å². The van der Waals surface area contributed by atoms with Gasteiger partial charge in [-0.15, -0.1) is 0 Å². The Morgan fingerprint density at radius 1 is 1.80 bits per heavy atom. The predicted molar refractivity (Wildman–Crippen MR) is 35.7 cm³/mol. The summed E-state index contributed by atoms with van der Waals surface area (Å²) >= 11 is 0. The molecule has 0 spiro atoms. The number of hydrogen-bond acceptors (Lipinski definition) is 4. The van der Waals surface area contributed by atoms with Crippen LogP contribution >= 0.6 is 7.82 Å². The van der Waals surface area contributed by atoms with Crippen molar-refractivity contribution in [3.8, 4) is 0 Å². The second kappa shape index (κ2) is 3.01. The monoisotopic (exact) mass is 166 g/mol. The molecule has 0 saturated carbocycles. The van der Waals surface area contributed by atoms with Crippen molar-refractivity contribution >= 4 is 7.82 Å². The van der Waals surface area contributed by atoms with E-state index in [9.17, 15) is 4.57 Å². The molecule has 0 aromatic carbocycles. The lowest BCUT2D eigenvalue weighted by Gasteiger charge is -2.06. The Morgan fingerprint density at radius 2 is 2.50 bits per heavy atom. The van der Waals surface area contributed by atoms with Crippen molar-refractivity contribution in [1.82, 2.24) is 0 Å². The van der Waals surface area contributed by atoms with Gasteiger partial charge >= 0.3 is 7.82 Å². The molecule has 0 aromatic heterocycles. The Bertz CT molecular complexity index is 152. The van der Waals surface area contributed by atoms with E-state index in [0.29, 0.717) is 13.2 Å². The van der Waals surface area contributed by atoms with E-state index in [4.69, 9.17) is 13.6 Å². The molecule has 1 heterocycles. The maximum atomic E-state index is 11.2. The third-order valence-electron chi connectivity index (χ3n) is 1.06. The fourth-order valence-electron chi connectivity index (χ4n) is 0.703. The van der Waals surface area contributed by atoms with Crippen LogP contribution < -0.4 is 0 Å². The number of phosphoric ester groups is 1. The van der Waals surface area contributed by atoms with Crippen LogP contribution in [0.25, 0.3) is 0 Å². The molecule has 10 heavy (non-hydrogen) atoms. The van der Waals surface area contributed by atoms with Crippen LogP contribution in [0.1, 0.15) is 13.8 Å². The molecule has 0 aromatic rings. The van der Waals surface area contributed by atoms with Gasteiger partial charge in [-0.1, -0.05) is 0 Å². The molecule has 0 bridgehead atoms. The van der Waals surface area contributed by atoms with Crippen molar-refractivity contribution in [2.24, 2.45) is 0 Å². The molecule has 1 aliphatic rings. The summed E-state index contributed by atoms with van der Waals surface area (Å²) in [5.74, 6) is 0. The molecule has 1 fully saturated rings. The van der Waals surface area contributed by atoms with E-state index in [0.717, 1.165) is 0 Å². The maximum absolute atomic E-state index is 11.2. The van der Waals surface area contributed by atoms with Crippen LogP contribution in [-0.4, -0.2) is 19.3 Å². The highest BCUT2D eigenvalue weighted by molar-refractivity contribution is 7.48. The third kappa shape index (κ3) is 1.80. The van der Waals surface area contributed by atoms with E-state index in [1.54, 1.807) is 13.8 Å². The lowest BCUT2D eigenvalue weighted by molar-refractivity contribution is 0.185. The fraction of sp³-hybridized carbons (Fsp3) is 1.00. The number of phosphoric acid groups is 1. The highest BCUT2D eigenvalue weighted by atomic mass is 31.2. The largest absolute Gasteiger partial charge is 0.475 e. The van der Waals surface area contributed by atoms with Gasteiger partial charge in [-0.05, 0) is 13.8 Å². The summed E-state index contributed by atoms with van der Waals surface area (Å²) in [6, 6.07) is 0. The maximum Gasteiger partial charge on any atom is 0.475 e. The average Bonchev–Trinajstić information content (AvgIpc) is 2.12. The Kier molecular flexibility index (Phi) is 2.47. The van der Waals surface area contributed by atoms with Crippen LogP contribution in [0, 0.1) is 0 Å². The molecule has 0 aliphatic carbocycles. The average molecular weight is 166 g/mol. The molecule has 2 atom stereocenters. The van der Waals surface area contributed by atoms with Crippen LogP contribution in [0.3, 0.4) is 0 Å². The Morgan fingerprint density at radius 3 is 2.90 bits per heavy atom. The highest BCUT2D eigenvalue weighted by Crippen LogP contribution is 2.54. The van der Waals surface area contributed by atoms with Crippen LogP contribution in [0.4, 0.5) is 0 Å². The number of rotatable bonds is 2. The Labute approximate surface area is 60.1 Å². The van der Waals surface area contributed by atoms with Gasteiger partial charge in [0.25, 0.3) is 0 Å². The van der Waals surface area contributed by atoms with Crippen LogP contribution in [0.2, 0.25) is 0 Å². The van der Waals surface area contributed by atoms with Gasteiger partial charge in [0.05, 0.1) is 19.3 Å². The van der Waals surface area contributed by atoms with Gasteiger partial charge in [0.1, 0.15) is 0 Å². The van der Waals surface area contributed by atoms with Gasteiger partial charge in [0.2, 0.25) is 0 Å². The van der Waals surface area contributed by atoms with Gasteiger partial charge < -0.3 is 0 Å². The minimum atomic E-state index is -3.13. The quantitative estimate of drug-likeness (QED) is 0.584. The summed E-state index contributed by atoms with van der Waals surface area (Å²) in [7, 11) is -3.13. The van der Waals surface area contributed by atoms with E-state index in [-0.39, 0.29) is 6.10 Å². The van der Waals surface area contributed by atoms with E-state index < -0.39 is 7.82 Å². The first-order chi connectivity index (χ1) is 4.66. The van der Waals surface area contributed by atoms with E-state index in [1.165, 1.54) is 0 Å². The molecule has 60 valence electrons. The topological polar surface area (TPSA) is 44.8 Å². The SMILES string of the molecule is CCOP1(=O)OC[C@@H](C)O1. The Balaban J connectivity index is 2.47. The Hall–Kier alpha value is 0.110. The van der Waals surface area contributed by atoms with Crippen molar-refractivity contribution in [3.05, 3.63) is 0 Å². The molecule has 4 nitrogen and oxygen atoms in total. The van der Waals surface area contributed by atoms with Gasteiger partial charge in [0.15, 0.2) is 0 Å². The second-order valence-corrected chi connectivity index (χ2v) is 3.70. The molecule has 1 aliphatic heterocycles. The lowest BCUT2D eigenvalue weighted by atomic mass is 10.5. The molecule has 0 radical (unpaired) electrons. The summed E-state index contributed by atoms with van der Waals surface area (Å²) in [5.41, 5.74) is 0. The number of hydrogen-bond donors (Lipinski definition) is 0. The van der Waals surface area contributed by atoms with Gasteiger partial charge in [-0.2, -0.15) is 0 Å². The highest BCUT2D eigenvalue weighted by Gasteiger charge is 2.35. The molecular weight excluding hydrogens is 155 g/mol. The lowest BCUT2D eigenvalue weighted by Crippen LogP contribution is -2.00. The summed E-state index contributed by atoms with van der Waals surface area (Å²) in [5, 5.41) is 0. The van der Waals surface area contributed by atoms with E-state index >= 15 is 0 Å². The molecule has 1 saturated heterocycles. The second-order valence-electron chi connectivity index (χ2n) is 2.08. The summed E-state index contributed by atoms with van der Waals surface area (Å²) in [6.07, 6.45) is -0.114. The molecular formula is C5H11O4P. The zero-order valence-corrected chi connectivity index (χ0v) is 6.97. The minimum absolute atomic E-state index is 0.114. The van der Waals surface area contributed by atoms with Crippen molar-refractivity contribution in [2.45, 2.75) is 20.0 Å².